The van der Waals surface area contributed by atoms with Gasteiger partial charge in [0.15, 0.2) is 5.75 Å². The molecule has 1 spiro atoms. The summed E-state index contributed by atoms with van der Waals surface area (Å²) in [4.78, 5) is 24.0. The molecule has 1 amide bonds. The van der Waals surface area contributed by atoms with Crippen molar-refractivity contribution in [2.24, 2.45) is 5.92 Å². The Hall–Kier alpha value is -3.27. The summed E-state index contributed by atoms with van der Waals surface area (Å²) in [5.74, 6) is 1.47. The van der Waals surface area contributed by atoms with Gasteiger partial charge in [-0.1, -0.05) is 17.7 Å². The van der Waals surface area contributed by atoms with Crippen LogP contribution >= 0.6 is 11.6 Å². The second kappa shape index (κ2) is 8.65. The van der Waals surface area contributed by atoms with Crippen molar-refractivity contribution in [3.05, 3.63) is 52.9 Å². The molecule has 2 fully saturated rings. The smallest absolute Gasteiger partial charge is 0.255 e. The first-order valence-electron chi connectivity index (χ1n) is 12.6. The molecule has 4 aliphatic rings. The van der Waals surface area contributed by atoms with Crippen molar-refractivity contribution < 1.29 is 19.0 Å². The number of nitrogens with one attached hydrogen (secondary N) is 3. The molecule has 10 heteroatoms. The lowest BCUT2D eigenvalue weighted by Crippen LogP contribution is -2.51. The van der Waals surface area contributed by atoms with E-state index in [1.165, 1.54) is 0 Å². The first-order chi connectivity index (χ1) is 18.1. The maximum absolute atomic E-state index is 13.5. The number of pyridine rings is 1. The summed E-state index contributed by atoms with van der Waals surface area (Å²) < 4.78 is 17.8. The molecular formula is C27H28ClN5O4. The van der Waals surface area contributed by atoms with Gasteiger partial charge in [0.2, 0.25) is 0 Å². The quantitative estimate of drug-likeness (QED) is 0.484. The molecule has 0 saturated carbocycles. The van der Waals surface area contributed by atoms with Crippen LogP contribution in [0, 0.1) is 5.92 Å². The molecular weight excluding hydrogens is 494 g/mol. The van der Waals surface area contributed by atoms with E-state index >= 15 is 0 Å². The highest BCUT2D eigenvalue weighted by Crippen LogP contribution is 2.48. The minimum absolute atomic E-state index is 0.0543. The third kappa shape index (κ3) is 3.59. The number of hydrogen-bond acceptors (Lipinski definition) is 7. The maximum atomic E-state index is 13.5. The summed E-state index contributed by atoms with van der Waals surface area (Å²) in [6, 6.07) is 7.43. The number of hydrogen-bond donors (Lipinski definition) is 3. The van der Waals surface area contributed by atoms with E-state index in [0.29, 0.717) is 52.5 Å². The fraction of sp³-hybridized carbons (Fsp3) is 0.407. The molecule has 4 bridgehead atoms. The van der Waals surface area contributed by atoms with Gasteiger partial charge in [0.05, 0.1) is 53.7 Å². The number of H-pyrrole nitrogens is 1. The number of anilines is 2. The summed E-state index contributed by atoms with van der Waals surface area (Å²) in [7, 11) is 1.58. The normalized spacial score (nSPS) is 27.7. The zero-order chi connectivity index (χ0) is 25.1. The molecule has 1 aromatic carbocycles. The van der Waals surface area contributed by atoms with E-state index in [9.17, 15) is 4.79 Å². The van der Waals surface area contributed by atoms with Crippen LogP contribution in [0.25, 0.3) is 11.3 Å². The van der Waals surface area contributed by atoms with Crippen molar-refractivity contribution >= 4 is 28.9 Å². The number of fused-ring (bicyclic) bond motifs is 5. The monoisotopic (exact) mass is 521 g/mol. The second-order valence-corrected chi connectivity index (χ2v) is 10.7. The lowest BCUT2D eigenvalue weighted by atomic mass is 9.79. The highest BCUT2D eigenvalue weighted by atomic mass is 35.5. The lowest BCUT2D eigenvalue weighted by Gasteiger charge is -2.39. The van der Waals surface area contributed by atoms with Gasteiger partial charge in [-0.2, -0.15) is 0 Å². The summed E-state index contributed by atoms with van der Waals surface area (Å²) >= 11 is 6.44. The molecule has 4 unspecified atom stereocenters. The molecule has 9 nitrogen and oxygen atoms in total. The maximum Gasteiger partial charge on any atom is 0.255 e. The predicted molar refractivity (Wildman–Crippen MR) is 139 cm³/mol. The number of rotatable bonds is 3. The fourth-order valence-corrected chi connectivity index (χ4v) is 6.47. The molecule has 6 heterocycles. The van der Waals surface area contributed by atoms with Gasteiger partial charge in [-0.3, -0.25) is 9.78 Å². The number of methoxy groups -OCH3 is 1. The molecule has 4 aliphatic heterocycles. The minimum Gasteiger partial charge on any atom is -0.493 e. The van der Waals surface area contributed by atoms with Gasteiger partial charge in [-0.05, 0) is 31.2 Å². The third-order valence-electron chi connectivity index (χ3n) is 8.21. The molecule has 2 saturated heterocycles. The van der Waals surface area contributed by atoms with E-state index in [4.69, 9.17) is 25.8 Å². The number of ether oxygens (including phenoxy) is 3. The van der Waals surface area contributed by atoms with Gasteiger partial charge >= 0.3 is 0 Å². The summed E-state index contributed by atoms with van der Waals surface area (Å²) in [6.45, 7) is 4.60. The summed E-state index contributed by atoms with van der Waals surface area (Å²) in [5.41, 5.74) is 4.29. The first-order valence-corrected chi connectivity index (χ1v) is 13.0. The molecule has 4 atom stereocenters. The average molecular weight is 522 g/mol. The third-order valence-corrected chi connectivity index (χ3v) is 8.51. The Morgan fingerprint density at radius 3 is 3.05 bits per heavy atom. The van der Waals surface area contributed by atoms with Crippen LogP contribution in [0.15, 0.2) is 36.7 Å². The first kappa shape index (κ1) is 22.9. The second-order valence-electron chi connectivity index (χ2n) is 10.3. The zero-order valence-electron chi connectivity index (χ0n) is 20.5. The molecule has 192 valence electrons. The molecule has 2 aromatic heterocycles. The van der Waals surface area contributed by atoms with Crippen molar-refractivity contribution in [2.75, 3.05) is 51.8 Å². The summed E-state index contributed by atoms with van der Waals surface area (Å²) in [6.07, 6.45) is 4.47. The number of nitrogens with zero attached hydrogens (tertiary/aromatic N) is 2. The Labute approximate surface area is 219 Å². The molecule has 0 radical (unpaired) electrons. The van der Waals surface area contributed by atoms with Gasteiger partial charge in [0.25, 0.3) is 5.91 Å². The number of benzene rings is 1. The zero-order valence-corrected chi connectivity index (χ0v) is 21.2. The minimum atomic E-state index is -0.210. The number of amides is 1. The van der Waals surface area contributed by atoms with E-state index in [-0.39, 0.29) is 17.4 Å². The number of aromatic amines is 1. The fourth-order valence-electron chi connectivity index (χ4n) is 6.22. The van der Waals surface area contributed by atoms with E-state index < -0.39 is 0 Å². The molecule has 7 rings (SSSR count). The van der Waals surface area contributed by atoms with Crippen LogP contribution in [-0.2, 0) is 10.2 Å². The number of carbonyl (C=O) groups is 1. The number of carbonyl (C=O) groups excluding carboxylic acids is 1. The van der Waals surface area contributed by atoms with Gasteiger partial charge < -0.3 is 34.7 Å². The number of halogens is 1. The van der Waals surface area contributed by atoms with Gasteiger partial charge in [-0.15, -0.1) is 0 Å². The van der Waals surface area contributed by atoms with Crippen molar-refractivity contribution in [3.8, 4) is 22.8 Å². The lowest BCUT2D eigenvalue weighted by molar-refractivity contribution is -0.137. The predicted octanol–water partition coefficient (Wildman–Crippen LogP) is 3.58. The van der Waals surface area contributed by atoms with Gasteiger partial charge in [-0.25, -0.2) is 0 Å². The van der Waals surface area contributed by atoms with E-state index in [2.05, 4.69) is 25.5 Å². The Morgan fingerprint density at radius 1 is 1.30 bits per heavy atom. The van der Waals surface area contributed by atoms with Gasteiger partial charge in [0.1, 0.15) is 12.4 Å². The van der Waals surface area contributed by atoms with Crippen molar-refractivity contribution in [3.63, 3.8) is 0 Å². The Bertz CT molecular complexity index is 1390. The van der Waals surface area contributed by atoms with Crippen molar-refractivity contribution in [1.29, 1.82) is 0 Å². The largest absolute Gasteiger partial charge is 0.493 e. The van der Waals surface area contributed by atoms with E-state index in [1.807, 2.05) is 18.2 Å². The van der Waals surface area contributed by atoms with Crippen LogP contribution in [0.4, 0.5) is 11.4 Å². The molecule has 0 aliphatic carbocycles. The average Bonchev–Trinajstić information content (AvgIpc) is 3.48. The highest BCUT2D eigenvalue weighted by molar-refractivity contribution is 6.32. The standard InChI is InChI=1S/C27H28ClN5O4/c1-35-24-17(28)3-2-4-18(24)31-23-21-25-27(13-30-26(21)34)6-8-33(14-27)10-15-11-36-20(15)12-37-19-9-29-7-5-16(19)22(23)32-25/h2-5,7,9,15,20,31-32H,6,8,10-14H2,1H3,(H,30,34). The van der Waals surface area contributed by atoms with Crippen LogP contribution in [-0.4, -0.2) is 73.4 Å². The van der Waals surface area contributed by atoms with Crippen molar-refractivity contribution in [1.82, 2.24) is 20.2 Å². The van der Waals surface area contributed by atoms with Crippen LogP contribution < -0.4 is 20.1 Å². The molecule has 3 aromatic rings. The van der Waals surface area contributed by atoms with Crippen LogP contribution in [0.1, 0.15) is 22.5 Å². The van der Waals surface area contributed by atoms with Gasteiger partial charge in [0, 0.05) is 48.4 Å². The topological polar surface area (TPSA) is 101 Å². The summed E-state index contributed by atoms with van der Waals surface area (Å²) in [5, 5.41) is 7.17. The van der Waals surface area contributed by atoms with E-state index in [1.54, 1.807) is 25.6 Å². The molecule has 37 heavy (non-hydrogen) atoms. The van der Waals surface area contributed by atoms with Crippen molar-refractivity contribution in [2.45, 2.75) is 17.9 Å². The number of para-hydroxylation sites is 1. The Balaban J connectivity index is 1.44. The van der Waals surface area contributed by atoms with Crippen LogP contribution in [0.3, 0.4) is 0 Å². The SMILES string of the molecule is COc1c(Cl)cccc1Nc1c2[nH]c3c1C(=O)NCC31CCN(CC3COC3COc3cnccc3-2)C1. The molecule has 3 N–H and O–H groups in total. The van der Waals surface area contributed by atoms with E-state index in [0.717, 1.165) is 49.6 Å². The Morgan fingerprint density at radius 2 is 2.22 bits per heavy atom. The Kier molecular flexibility index (Phi) is 5.35. The highest BCUT2D eigenvalue weighted by Gasteiger charge is 2.49. The van der Waals surface area contributed by atoms with Crippen LogP contribution in [0.5, 0.6) is 11.5 Å². The van der Waals surface area contributed by atoms with Crippen LogP contribution in [0.2, 0.25) is 5.02 Å². The number of aromatic nitrogens is 2.